The van der Waals surface area contributed by atoms with Crippen LogP contribution in [-0.4, -0.2) is 23.4 Å². The Balaban J connectivity index is 2.87. The minimum absolute atomic E-state index is 0.201. The fraction of sp³-hybridized carbons (Fsp3) is 1.00. The molecule has 0 unspecified atom stereocenters. The molecule has 13 heavy (non-hydrogen) atoms. The minimum Gasteiger partial charge on any atom is -0.396 e. The topological polar surface area (TPSA) is 72.6 Å². The Hall–Kier alpha value is -0.840. The van der Waals surface area contributed by atoms with Crippen LogP contribution in [0, 0.1) is 10.1 Å². The number of aliphatic hydroxyl groups is 1. The van der Waals surface area contributed by atoms with E-state index in [0.717, 1.165) is 38.5 Å². The summed E-state index contributed by atoms with van der Waals surface area (Å²) >= 11 is 0. The summed E-state index contributed by atoms with van der Waals surface area (Å²) in [6.45, 7) is 0.456. The van der Waals surface area contributed by atoms with E-state index in [1.807, 2.05) is 0 Å². The third-order valence-electron chi connectivity index (χ3n) is 1.75. The SMILES string of the molecule is O=[N+]([O-])OCCCCCCCCO. The van der Waals surface area contributed by atoms with E-state index in [9.17, 15) is 10.1 Å². The minimum atomic E-state index is -0.758. The average Bonchev–Trinajstić information content (AvgIpc) is 2.09. The molecule has 0 atom stereocenters. The summed E-state index contributed by atoms with van der Waals surface area (Å²) in [4.78, 5) is 13.9. The van der Waals surface area contributed by atoms with E-state index < -0.39 is 5.09 Å². The van der Waals surface area contributed by atoms with Crippen LogP contribution in [0.1, 0.15) is 38.5 Å². The molecule has 0 spiro atoms. The van der Waals surface area contributed by atoms with Crippen LogP contribution in [0.2, 0.25) is 0 Å². The number of unbranched alkanes of at least 4 members (excludes halogenated alkanes) is 5. The first-order chi connectivity index (χ1) is 6.27. The second-order valence-corrected chi connectivity index (χ2v) is 2.90. The molecule has 0 saturated heterocycles. The second kappa shape index (κ2) is 9.25. The maximum Gasteiger partial charge on any atom is 0.294 e. The molecule has 0 aliphatic carbocycles. The van der Waals surface area contributed by atoms with Gasteiger partial charge in [0.05, 0.1) is 6.61 Å². The zero-order valence-electron chi connectivity index (χ0n) is 7.78. The third-order valence-corrected chi connectivity index (χ3v) is 1.75. The van der Waals surface area contributed by atoms with Crippen LogP contribution in [0.15, 0.2) is 0 Å². The van der Waals surface area contributed by atoms with Gasteiger partial charge in [-0.1, -0.05) is 25.7 Å². The van der Waals surface area contributed by atoms with Gasteiger partial charge in [-0.05, 0) is 12.8 Å². The molecule has 0 aromatic carbocycles. The van der Waals surface area contributed by atoms with Gasteiger partial charge in [0, 0.05) is 6.61 Å². The zero-order valence-corrected chi connectivity index (χ0v) is 7.78. The predicted molar refractivity (Wildman–Crippen MR) is 47.7 cm³/mol. The first kappa shape index (κ1) is 12.2. The normalized spacial score (nSPS) is 9.92. The van der Waals surface area contributed by atoms with Crippen molar-refractivity contribution < 1.29 is 15.0 Å². The summed E-state index contributed by atoms with van der Waals surface area (Å²) in [5, 5.41) is 17.4. The highest BCUT2D eigenvalue weighted by molar-refractivity contribution is 4.43. The summed E-state index contributed by atoms with van der Waals surface area (Å²) < 4.78 is 0. The van der Waals surface area contributed by atoms with Crippen LogP contribution >= 0.6 is 0 Å². The molecule has 0 aliphatic rings. The van der Waals surface area contributed by atoms with Crippen molar-refractivity contribution in [2.24, 2.45) is 0 Å². The smallest absolute Gasteiger partial charge is 0.294 e. The maximum absolute atomic E-state index is 9.73. The number of rotatable bonds is 9. The molecule has 0 saturated carbocycles. The standard InChI is InChI=1S/C8H17NO4/c10-7-5-3-1-2-4-6-8-13-9(11)12/h10H,1-8H2. The first-order valence-electron chi connectivity index (χ1n) is 4.65. The first-order valence-corrected chi connectivity index (χ1v) is 4.65. The van der Waals surface area contributed by atoms with Gasteiger partial charge < -0.3 is 9.94 Å². The summed E-state index contributed by atoms with van der Waals surface area (Å²) in [5.41, 5.74) is 0. The van der Waals surface area contributed by atoms with Gasteiger partial charge in [0.15, 0.2) is 0 Å². The third kappa shape index (κ3) is 11.2. The highest BCUT2D eigenvalue weighted by Gasteiger charge is 1.94. The molecule has 1 N–H and O–H groups in total. The highest BCUT2D eigenvalue weighted by atomic mass is 16.9. The fourth-order valence-corrected chi connectivity index (χ4v) is 1.06. The van der Waals surface area contributed by atoms with Crippen molar-refractivity contribution in [1.29, 1.82) is 0 Å². The van der Waals surface area contributed by atoms with Crippen molar-refractivity contribution in [2.75, 3.05) is 13.2 Å². The summed E-state index contributed by atoms with van der Waals surface area (Å²) in [6.07, 6.45) is 5.72. The Morgan fingerprint density at radius 3 is 2.15 bits per heavy atom. The highest BCUT2D eigenvalue weighted by Crippen LogP contribution is 2.04. The lowest BCUT2D eigenvalue weighted by Crippen LogP contribution is -2.01. The Labute approximate surface area is 77.8 Å². The second-order valence-electron chi connectivity index (χ2n) is 2.90. The molecular formula is C8H17NO4. The number of aliphatic hydroxyl groups excluding tert-OH is 1. The largest absolute Gasteiger partial charge is 0.396 e. The molecule has 0 aromatic rings. The van der Waals surface area contributed by atoms with Crippen molar-refractivity contribution in [3.8, 4) is 0 Å². The molecule has 0 aliphatic heterocycles. The van der Waals surface area contributed by atoms with E-state index in [0.29, 0.717) is 0 Å². The number of hydrogen-bond donors (Lipinski definition) is 1. The quantitative estimate of drug-likeness (QED) is 0.341. The molecule has 0 aromatic heterocycles. The van der Waals surface area contributed by atoms with Gasteiger partial charge >= 0.3 is 0 Å². The van der Waals surface area contributed by atoms with Gasteiger partial charge in [-0.2, -0.15) is 0 Å². The fourth-order valence-electron chi connectivity index (χ4n) is 1.06. The van der Waals surface area contributed by atoms with Gasteiger partial charge in [0.1, 0.15) is 0 Å². The summed E-state index contributed by atoms with van der Waals surface area (Å²) in [6, 6.07) is 0. The number of nitrogens with zero attached hydrogens (tertiary/aromatic N) is 1. The van der Waals surface area contributed by atoms with E-state index in [2.05, 4.69) is 4.84 Å². The molecule has 0 fully saturated rings. The lowest BCUT2D eigenvalue weighted by molar-refractivity contribution is -0.757. The molecule has 0 rings (SSSR count). The lowest BCUT2D eigenvalue weighted by Gasteiger charge is -1.99. The van der Waals surface area contributed by atoms with Gasteiger partial charge in [-0.3, -0.25) is 0 Å². The molecule has 0 radical (unpaired) electrons. The molecular weight excluding hydrogens is 174 g/mol. The molecule has 5 nitrogen and oxygen atoms in total. The molecule has 78 valence electrons. The molecule has 0 heterocycles. The van der Waals surface area contributed by atoms with Crippen LogP contribution in [0.5, 0.6) is 0 Å². The van der Waals surface area contributed by atoms with Crippen molar-refractivity contribution in [1.82, 2.24) is 0 Å². The van der Waals surface area contributed by atoms with Crippen molar-refractivity contribution >= 4 is 0 Å². The average molecular weight is 191 g/mol. The van der Waals surface area contributed by atoms with Crippen LogP contribution < -0.4 is 0 Å². The molecule has 0 amide bonds. The van der Waals surface area contributed by atoms with Gasteiger partial charge in [-0.25, -0.2) is 0 Å². The Bertz CT molecular complexity index is 129. The van der Waals surface area contributed by atoms with Crippen LogP contribution in [0.4, 0.5) is 0 Å². The lowest BCUT2D eigenvalue weighted by atomic mass is 10.1. The summed E-state index contributed by atoms with van der Waals surface area (Å²) in [7, 11) is 0. The van der Waals surface area contributed by atoms with Gasteiger partial charge in [0.25, 0.3) is 5.09 Å². The molecule has 0 bridgehead atoms. The van der Waals surface area contributed by atoms with E-state index in [1.165, 1.54) is 0 Å². The Morgan fingerprint density at radius 1 is 1.08 bits per heavy atom. The number of hydrogen-bond acceptors (Lipinski definition) is 4. The van der Waals surface area contributed by atoms with E-state index >= 15 is 0 Å². The molecule has 5 heteroatoms. The summed E-state index contributed by atoms with van der Waals surface area (Å²) in [5.74, 6) is 0. The van der Waals surface area contributed by atoms with Gasteiger partial charge in [-0.15, -0.1) is 10.1 Å². The van der Waals surface area contributed by atoms with Crippen LogP contribution in [0.3, 0.4) is 0 Å². The zero-order chi connectivity index (χ0) is 9.94. The van der Waals surface area contributed by atoms with Crippen molar-refractivity contribution in [3.63, 3.8) is 0 Å². The van der Waals surface area contributed by atoms with E-state index in [-0.39, 0.29) is 13.2 Å². The van der Waals surface area contributed by atoms with Crippen LogP contribution in [-0.2, 0) is 4.84 Å². The Morgan fingerprint density at radius 2 is 1.62 bits per heavy atom. The van der Waals surface area contributed by atoms with E-state index in [1.54, 1.807) is 0 Å². The van der Waals surface area contributed by atoms with Crippen LogP contribution in [0.25, 0.3) is 0 Å². The predicted octanol–water partition coefficient (Wildman–Crippen LogP) is 1.53. The van der Waals surface area contributed by atoms with Crippen molar-refractivity contribution in [3.05, 3.63) is 10.1 Å². The monoisotopic (exact) mass is 191 g/mol. The Kier molecular flexibility index (Phi) is 8.65. The van der Waals surface area contributed by atoms with Crippen molar-refractivity contribution in [2.45, 2.75) is 38.5 Å². The van der Waals surface area contributed by atoms with Gasteiger partial charge in [0.2, 0.25) is 0 Å². The van der Waals surface area contributed by atoms with E-state index in [4.69, 9.17) is 5.11 Å². The maximum atomic E-state index is 9.73.